The van der Waals surface area contributed by atoms with Crippen molar-refractivity contribution in [1.29, 1.82) is 0 Å². The molecule has 0 atom stereocenters. The molecular weight excluding hydrogens is 330 g/mol. The first-order chi connectivity index (χ1) is 8.71. The molecule has 0 amide bonds. The first-order valence-corrected chi connectivity index (χ1v) is 7.91. The van der Waals surface area contributed by atoms with Gasteiger partial charge in [-0.15, -0.1) is 0 Å². The van der Waals surface area contributed by atoms with Crippen LogP contribution in [0.3, 0.4) is 0 Å². The van der Waals surface area contributed by atoms with Crippen molar-refractivity contribution in [3.05, 3.63) is 35.4 Å². The molecule has 4 N–H and O–H groups in total. The van der Waals surface area contributed by atoms with Gasteiger partial charge in [0.1, 0.15) is 0 Å². The summed E-state index contributed by atoms with van der Waals surface area (Å²) in [6, 6.07) is 1.44. The molecule has 0 saturated heterocycles. The molecule has 0 spiro atoms. The van der Waals surface area contributed by atoms with Gasteiger partial charge in [-0.25, -0.2) is 0 Å². The molecule has 0 unspecified atom stereocenters. The molecule has 0 heterocycles. The number of alkyl halides is 4. The summed E-state index contributed by atoms with van der Waals surface area (Å²) in [5.41, 5.74) is -12.5. The van der Waals surface area contributed by atoms with Gasteiger partial charge in [-0.3, -0.25) is 9.13 Å². The second-order valence-corrected chi connectivity index (χ2v) is 7.05. The van der Waals surface area contributed by atoms with Gasteiger partial charge in [0.25, 0.3) is 0 Å². The second-order valence-electron chi connectivity index (χ2n) is 3.75. The Balaban J connectivity index is 3.44. The van der Waals surface area contributed by atoms with Gasteiger partial charge in [0.15, 0.2) is 0 Å². The summed E-state index contributed by atoms with van der Waals surface area (Å²) in [7, 11) is -12.0. The van der Waals surface area contributed by atoms with E-state index in [2.05, 4.69) is 0 Å². The Kier molecular flexibility index (Phi) is 4.24. The first-order valence-electron chi connectivity index (χ1n) is 4.69. The van der Waals surface area contributed by atoms with Crippen LogP contribution in [0.1, 0.15) is 11.1 Å². The average molecular weight is 338 g/mol. The van der Waals surface area contributed by atoms with Crippen molar-refractivity contribution in [3.8, 4) is 0 Å². The molecule has 6 nitrogen and oxygen atoms in total. The maximum atomic E-state index is 13.3. The number of benzene rings is 1. The predicted octanol–water partition coefficient (Wildman–Crippen LogP) is 2.14. The van der Waals surface area contributed by atoms with Gasteiger partial charge in [-0.1, -0.05) is 18.2 Å². The van der Waals surface area contributed by atoms with Crippen LogP contribution in [-0.4, -0.2) is 19.6 Å². The van der Waals surface area contributed by atoms with Crippen LogP contribution in [-0.2, 0) is 20.5 Å². The van der Waals surface area contributed by atoms with E-state index < -0.39 is 37.6 Å². The molecule has 1 rings (SSSR count). The fraction of sp³-hybridized carbons (Fsp3) is 0.250. The second kappa shape index (κ2) is 4.91. The largest absolute Gasteiger partial charge is 0.399 e. The van der Waals surface area contributed by atoms with Gasteiger partial charge >= 0.3 is 26.5 Å². The number of rotatable bonds is 4. The van der Waals surface area contributed by atoms with Gasteiger partial charge in [-0.2, -0.15) is 17.6 Å². The van der Waals surface area contributed by atoms with E-state index in [1.54, 1.807) is 0 Å². The van der Waals surface area contributed by atoms with Gasteiger partial charge in [-0.05, 0) is 6.07 Å². The van der Waals surface area contributed by atoms with Crippen molar-refractivity contribution in [2.24, 2.45) is 0 Å². The van der Waals surface area contributed by atoms with Crippen LogP contribution in [0.4, 0.5) is 17.6 Å². The Bertz CT molecular complexity index is 557. The molecule has 0 aliphatic rings. The van der Waals surface area contributed by atoms with Crippen molar-refractivity contribution in [2.75, 3.05) is 0 Å². The molecule has 114 valence electrons. The lowest BCUT2D eigenvalue weighted by molar-refractivity contribution is 0.0496. The first kappa shape index (κ1) is 17.3. The molecule has 0 fully saturated rings. The Hall–Kier alpha value is -0.760. The smallest absolute Gasteiger partial charge is 0.320 e. The van der Waals surface area contributed by atoms with E-state index in [0.29, 0.717) is 18.2 Å². The third-order valence-corrected chi connectivity index (χ3v) is 4.27. The summed E-state index contributed by atoms with van der Waals surface area (Å²) < 4.78 is 74.5. The zero-order valence-electron chi connectivity index (χ0n) is 9.32. The van der Waals surface area contributed by atoms with Crippen molar-refractivity contribution < 1.29 is 46.3 Å². The predicted molar refractivity (Wildman–Crippen MR) is 58.3 cm³/mol. The fourth-order valence-corrected chi connectivity index (χ4v) is 2.18. The van der Waals surface area contributed by atoms with Crippen LogP contribution < -0.4 is 0 Å². The number of halogens is 4. The highest BCUT2D eigenvalue weighted by atomic mass is 31.2. The topological polar surface area (TPSA) is 115 Å². The minimum Gasteiger partial charge on any atom is -0.320 e. The zero-order valence-corrected chi connectivity index (χ0v) is 11.1. The summed E-state index contributed by atoms with van der Waals surface area (Å²) in [4.78, 5) is 33.9. The average Bonchev–Trinajstić information content (AvgIpc) is 2.26. The van der Waals surface area contributed by atoms with E-state index in [9.17, 15) is 26.7 Å². The molecular formula is C8H8F4O6P2. The van der Waals surface area contributed by atoms with Crippen molar-refractivity contribution in [3.63, 3.8) is 0 Å². The third-order valence-electron chi connectivity index (χ3n) is 2.29. The molecule has 12 heteroatoms. The van der Waals surface area contributed by atoms with E-state index in [1.807, 2.05) is 0 Å². The van der Waals surface area contributed by atoms with Crippen LogP contribution in [0.15, 0.2) is 24.3 Å². The fourth-order valence-electron chi connectivity index (χ4n) is 1.23. The summed E-state index contributed by atoms with van der Waals surface area (Å²) in [5, 5.41) is 0. The van der Waals surface area contributed by atoms with Crippen molar-refractivity contribution in [2.45, 2.75) is 11.3 Å². The van der Waals surface area contributed by atoms with Crippen LogP contribution in [0.25, 0.3) is 0 Å². The molecule has 0 saturated carbocycles. The van der Waals surface area contributed by atoms with E-state index in [0.717, 1.165) is 0 Å². The van der Waals surface area contributed by atoms with Crippen LogP contribution in [0.5, 0.6) is 0 Å². The van der Waals surface area contributed by atoms with Crippen LogP contribution in [0, 0.1) is 0 Å². The molecule has 0 aromatic heterocycles. The van der Waals surface area contributed by atoms with Gasteiger partial charge < -0.3 is 19.6 Å². The van der Waals surface area contributed by atoms with Crippen LogP contribution in [0.2, 0.25) is 0 Å². The molecule has 0 aliphatic heterocycles. The SMILES string of the molecule is O=P(O)(O)C(F)(F)c1cccc(C(F)(F)P(=O)(O)O)c1. The standard InChI is InChI=1S/C8H8F4O6P2/c9-7(10,19(13,14)15)5-2-1-3-6(4-5)8(11,12)20(16,17)18/h1-4H,(H2,13,14,15)(H2,16,17,18). The van der Waals surface area contributed by atoms with E-state index in [-0.39, 0.29) is 6.07 Å². The zero-order chi connectivity index (χ0) is 16.0. The Morgan fingerprint density at radius 3 is 1.35 bits per heavy atom. The summed E-state index contributed by atoms with van der Waals surface area (Å²) in [6.07, 6.45) is 0. The summed E-state index contributed by atoms with van der Waals surface area (Å²) in [5.74, 6) is 0. The van der Waals surface area contributed by atoms with Crippen LogP contribution >= 0.6 is 15.2 Å². The van der Waals surface area contributed by atoms with Gasteiger partial charge in [0.2, 0.25) is 0 Å². The molecule has 20 heavy (non-hydrogen) atoms. The maximum Gasteiger partial charge on any atom is 0.399 e. The normalized spacial score (nSPS) is 14.4. The minimum absolute atomic E-state index is 0.0574. The minimum atomic E-state index is -5.98. The van der Waals surface area contributed by atoms with E-state index >= 15 is 0 Å². The van der Waals surface area contributed by atoms with Gasteiger partial charge in [0.05, 0.1) is 0 Å². The lowest BCUT2D eigenvalue weighted by Gasteiger charge is -2.21. The molecule has 0 aliphatic carbocycles. The quantitative estimate of drug-likeness (QED) is 0.494. The molecule has 0 radical (unpaired) electrons. The highest BCUT2D eigenvalue weighted by molar-refractivity contribution is 7.53. The molecule has 1 aromatic carbocycles. The monoisotopic (exact) mass is 338 g/mol. The Morgan fingerprint density at radius 2 is 1.10 bits per heavy atom. The lowest BCUT2D eigenvalue weighted by Crippen LogP contribution is -2.18. The lowest BCUT2D eigenvalue weighted by atomic mass is 10.1. The van der Waals surface area contributed by atoms with E-state index in [1.165, 1.54) is 0 Å². The number of hydrogen-bond acceptors (Lipinski definition) is 2. The molecule has 0 bridgehead atoms. The summed E-state index contributed by atoms with van der Waals surface area (Å²) >= 11 is 0. The number of hydrogen-bond donors (Lipinski definition) is 4. The molecule has 1 aromatic rings. The highest BCUT2D eigenvalue weighted by Crippen LogP contribution is 2.62. The highest BCUT2D eigenvalue weighted by Gasteiger charge is 2.53. The Labute approximate surface area is 109 Å². The van der Waals surface area contributed by atoms with Gasteiger partial charge in [0, 0.05) is 11.1 Å². The Morgan fingerprint density at radius 1 is 0.800 bits per heavy atom. The van der Waals surface area contributed by atoms with Crippen molar-refractivity contribution in [1.82, 2.24) is 0 Å². The third kappa shape index (κ3) is 2.95. The van der Waals surface area contributed by atoms with E-state index in [4.69, 9.17) is 19.6 Å². The maximum absolute atomic E-state index is 13.3. The van der Waals surface area contributed by atoms with Crippen molar-refractivity contribution >= 4 is 15.2 Å². The summed E-state index contributed by atoms with van der Waals surface area (Å²) in [6.45, 7) is 0.